The van der Waals surface area contributed by atoms with Gasteiger partial charge in [0.15, 0.2) is 0 Å². The lowest BCUT2D eigenvalue weighted by Crippen LogP contribution is -1.99. The van der Waals surface area contributed by atoms with Crippen molar-refractivity contribution in [3.8, 4) is 0 Å². The van der Waals surface area contributed by atoms with Crippen LogP contribution >= 0.6 is 11.8 Å². The number of aryl methyl sites for hydroxylation is 1. The summed E-state index contributed by atoms with van der Waals surface area (Å²) >= 11 is 1.83. The second-order valence-electron chi connectivity index (χ2n) is 3.01. The van der Waals surface area contributed by atoms with Gasteiger partial charge in [0, 0.05) is 10.6 Å². The third kappa shape index (κ3) is 3.28. The Kier molecular flexibility index (Phi) is 4.12. The molecule has 4 N–H and O–H groups in total. The van der Waals surface area contributed by atoms with Crippen LogP contribution in [0.15, 0.2) is 23.1 Å². The topological polar surface area (TPSA) is 52.0 Å². The normalized spacial score (nSPS) is 10.3. The molecular weight excluding hydrogens is 180 g/mol. The molecule has 0 saturated carbocycles. The van der Waals surface area contributed by atoms with Gasteiger partial charge in [-0.05, 0) is 49.4 Å². The van der Waals surface area contributed by atoms with Crippen molar-refractivity contribution in [2.45, 2.75) is 18.2 Å². The van der Waals surface area contributed by atoms with E-state index < -0.39 is 0 Å². The van der Waals surface area contributed by atoms with Crippen molar-refractivity contribution >= 4 is 17.4 Å². The lowest BCUT2D eigenvalue weighted by Gasteiger charge is -2.03. The van der Waals surface area contributed by atoms with Gasteiger partial charge in [-0.25, -0.2) is 0 Å². The van der Waals surface area contributed by atoms with Crippen molar-refractivity contribution in [3.05, 3.63) is 23.8 Å². The fourth-order valence-electron chi connectivity index (χ4n) is 1.01. The monoisotopic (exact) mass is 196 g/mol. The molecule has 72 valence electrons. The summed E-state index contributed by atoms with van der Waals surface area (Å²) in [6.07, 6.45) is 1.06. The predicted molar refractivity (Wildman–Crippen MR) is 60.0 cm³/mol. The number of benzene rings is 1. The SMILES string of the molecule is Cc1cc(SCCCN)ccc1N. The zero-order valence-corrected chi connectivity index (χ0v) is 8.73. The molecule has 0 spiro atoms. The first-order valence-electron chi connectivity index (χ1n) is 4.43. The third-order valence-corrected chi connectivity index (χ3v) is 2.94. The highest BCUT2D eigenvalue weighted by Crippen LogP contribution is 2.22. The summed E-state index contributed by atoms with van der Waals surface area (Å²) in [4.78, 5) is 1.28. The van der Waals surface area contributed by atoms with Gasteiger partial charge < -0.3 is 11.5 Å². The Hall–Kier alpha value is -0.670. The minimum Gasteiger partial charge on any atom is -0.399 e. The molecule has 0 bridgehead atoms. The molecule has 2 nitrogen and oxygen atoms in total. The Labute approximate surface area is 83.7 Å². The molecule has 0 aliphatic rings. The van der Waals surface area contributed by atoms with E-state index in [4.69, 9.17) is 11.5 Å². The average Bonchev–Trinajstić information content (AvgIpc) is 2.12. The van der Waals surface area contributed by atoms with Crippen molar-refractivity contribution in [3.63, 3.8) is 0 Å². The highest BCUT2D eigenvalue weighted by atomic mass is 32.2. The van der Waals surface area contributed by atoms with E-state index in [1.165, 1.54) is 4.90 Å². The van der Waals surface area contributed by atoms with E-state index in [9.17, 15) is 0 Å². The van der Waals surface area contributed by atoms with E-state index >= 15 is 0 Å². The van der Waals surface area contributed by atoms with Crippen LogP contribution in [-0.4, -0.2) is 12.3 Å². The summed E-state index contributed by atoms with van der Waals surface area (Å²) in [5.41, 5.74) is 13.1. The van der Waals surface area contributed by atoms with E-state index in [2.05, 4.69) is 12.1 Å². The summed E-state index contributed by atoms with van der Waals surface area (Å²) in [6.45, 7) is 2.79. The van der Waals surface area contributed by atoms with E-state index in [-0.39, 0.29) is 0 Å². The quantitative estimate of drug-likeness (QED) is 0.440. The van der Waals surface area contributed by atoms with Crippen molar-refractivity contribution in [1.29, 1.82) is 0 Å². The predicted octanol–water partition coefficient (Wildman–Crippen LogP) is 2.02. The molecule has 1 aromatic rings. The number of nitrogen functional groups attached to an aromatic ring is 1. The van der Waals surface area contributed by atoms with Crippen LogP contribution in [0.2, 0.25) is 0 Å². The minimum atomic E-state index is 0.765. The lowest BCUT2D eigenvalue weighted by atomic mass is 10.2. The molecule has 1 rings (SSSR count). The van der Waals surface area contributed by atoms with Crippen LogP contribution in [0.5, 0.6) is 0 Å². The first-order chi connectivity index (χ1) is 6.24. The maximum Gasteiger partial charge on any atom is 0.0344 e. The van der Waals surface area contributed by atoms with E-state index in [1.807, 2.05) is 24.8 Å². The average molecular weight is 196 g/mol. The second kappa shape index (κ2) is 5.14. The highest BCUT2D eigenvalue weighted by molar-refractivity contribution is 7.99. The van der Waals surface area contributed by atoms with Crippen molar-refractivity contribution in [1.82, 2.24) is 0 Å². The molecule has 0 aliphatic carbocycles. The molecular formula is C10H16N2S. The van der Waals surface area contributed by atoms with Gasteiger partial charge in [0.2, 0.25) is 0 Å². The molecule has 0 fully saturated rings. The molecule has 0 aliphatic heterocycles. The summed E-state index contributed by atoms with van der Waals surface area (Å²) in [5, 5.41) is 0. The number of hydrogen-bond acceptors (Lipinski definition) is 3. The molecule has 1 aromatic carbocycles. The molecule has 3 heteroatoms. The molecule has 13 heavy (non-hydrogen) atoms. The van der Waals surface area contributed by atoms with Gasteiger partial charge in [-0.2, -0.15) is 0 Å². The number of hydrogen-bond donors (Lipinski definition) is 2. The standard InChI is InChI=1S/C10H16N2S/c1-8-7-9(3-4-10(8)12)13-6-2-5-11/h3-4,7H,2,5-6,11-12H2,1H3. The largest absolute Gasteiger partial charge is 0.399 e. The third-order valence-electron chi connectivity index (χ3n) is 1.86. The Bertz CT molecular complexity index is 274. The van der Waals surface area contributed by atoms with Crippen LogP contribution in [0.4, 0.5) is 5.69 Å². The number of rotatable bonds is 4. The molecule has 0 unspecified atom stereocenters. The fraction of sp³-hybridized carbons (Fsp3) is 0.400. The van der Waals surface area contributed by atoms with E-state index in [1.54, 1.807) is 0 Å². The van der Waals surface area contributed by atoms with Gasteiger partial charge in [0.1, 0.15) is 0 Å². The Balaban J connectivity index is 2.53. The van der Waals surface area contributed by atoms with Crippen LogP contribution in [0.3, 0.4) is 0 Å². The van der Waals surface area contributed by atoms with E-state index in [0.29, 0.717) is 0 Å². The maximum absolute atomic E-state index is 5.71. The molecule has 0 radical (unpaired) electrons. The van der Waals surface area contributed by atoms with Crippen LogP contribution < -0.4 is 11.5 Å². The second-order valence-corrected chi connectivity index (χ2v) is 4.18. The Morgan fingerprint density at radius 1 is 1.38 bits per heavy atom. The van der Waals surface area contributed by atoms with E-state index in [0.717, 1.165) is 30.0 Å². The maximum atomic E-state index is 5.71. The zero-order valence-electron chi connectivity index (χ0n) is 7.92. The molecule has 0 heterocycles. The van der Waals surface area contributed by atoms with Crippen molar-refractivity contribution < 1.29 is 0 Å². The van der Waals surface area contributed by atoms with Crippen LogP contribution in [0, 0.1) is 6.92 Å². The summed E-state index contributed by atoms with van der Waals surface area (Å²) in [5.74, 6) is 1.08. The number of anilines is 1. The van der Waals surface area contributed by atoms with Gasteiger partial charge in [-0.3, -0.25) is 0 Å². The van der Waals surface area contributed by atoms with Gasteiger partial charge >= 0.3 is 0 Å². The van der Waals surface area contributed by atoms with Crippen molar-refractivity contribution in [2.75, 3.05) is 18.0 Å². The Morgan fingerprint density at radius 3 is 2.77 bits per heavy atom. The number of nitrogens with two attached hydrogens (primary N) is 2. The van der Waals surface area contributed by atoms with Gasteiger partial charge in [-0.15, -0.1) is 11.8 Å². The van der Waals surface area contributed by atoms with Crippen LogP contribution in [0.1, 0.15) is 12.0 Å². The fourth-order valence-corrected chi connectivity index (χ4v) is 1.98. The summed E-state index contributed by atoms with van der Waals surface area (Å²) < 4.78 is 0. The molecule has 0 amide bonds. The minimum absolute atomic E-state index is 0.765. The molecule has 0 saturated heterocycles. The Morgan fingerprint density at radius 2 is 2.15 bits per heavy atom. The lowest BCUT2D eigenvalue weighted by molar-refractivity contribution is 0.943. The summed E-state index contributed by atoms with van der Waals surface area (Å²) in [6, 6.07) is 6.14. The molecule has 0 aromatic heterocycles. The van der Waals surface area contributed by atoms with Crippen molar-refractivity contribution in [2.24, 2.45) is 5.73 Å². The van der Waals surface area contributed by atoms with Crippen LogP contribution in [-0.2, 0) is 0 Å². The number of thioether (sulfide) groups is 1. The first kappa shape index (κ1) is 10.4. The molecule has 0 atom stereocenters. The first-order valence-corrected chi connectivity index (χ1v) is 5.41. The smallest absolute Gasteiger partial charge is 0.0344 e. The van der Waals surface area contributed by atoms with Gasteiger partial charge in [0.05, 0.1) is 0 Å². The zero-order chi connectivity index (χ0) is 9.68. The highest BCUT2D eigenvalue weighted by Gasteiger charge is 1.96. The van der Waals surface area contributed by atoms with Gasteiger partial charge in [0.25, 0.3) is 0 Å². The van der Waals surface area contributed by atoms with Gasteiger partial charge in [-0.1, -0.05) is 0 Å². The van der Waals surface area contributed by atoms with Crippen LogP contribution in [0.25, 0.3) is 0 Å². The summed E-state index contributed by atoms with van der Waals surface area (Å²) in [7, 11) is 0.